The lowest BCUT2D eigenvalue weighted by Gasteiger charge is -2.11. The monoisotopic (exact) mass is 476 g/mol. The first-order chi connectivity index (χ1) is 16.8. The quantitative estimate of drug-likeness (QED) is 0.349. The molecule has 0 heterocycles. The summed E-state index contributed by atoms with van der Waals surface area (Å²) in [6, 6.07) is 23.1. The van der Waals surface area contributed by atoms with Gasteiger partial charge in [0.15, 0.2) is 0 Å². The maximum Gasteiger partial charge on any atom is 0.339 e. The molecule has 0 saturated carbocycles. The van der Waals surface area contributed by atoms with E-state index in [2.05, 4.69) is 0 Å². The summed E-state index contributed by atoms with van der Waals surface area (Å²) in [7, 11) is -4.36. The molecule has 0 aliphatic heterocycles. The van der Waals surface area contributed by atoms with E-state index in [0.29, 0.717) is 16.2 Å². The van der Waals surface area contributed by atoms with E-state index in [4.69, 9.17) is 4.18 Å². The molecule has 0 fully saturated rings. The number of hydrogen-bond acceptors (Lipinski definition) is 8. The van der Waals surface area contributed by atoms with E-state index in [9.17, 15) is 34.6 Å². The molecule has 166 valence electrons. The first-order valence-corrected chi connectivity index (χ1v) is 11.3. The summed E-state index contributed by atoms with van der Waals surface area (Å²) in [5.41, 5.74) is -0.466. The normalized spacial score (nSPS) is 10.5. The van der Waals surface area contributed by atoms with Gasteiger partial charge in [-0.05, 0) is 57.9 Å². The molecule has 4 rings (SSSR count). The molecule has 0 unspecified atom stereocenters. The molecule has 8 nitrogen and oxygen atoms in total. The highest BCUT2D eigenvalue weighted by molar-refractivity contribution is 7.87. The van der Waals surface area contributed by atoms with Gasteiger partial charge >= 0.3 is 10.1 Å². The standard InChI is InChI=1S/C26H12N4O4S/c27-12-16(13-28)25-21-3-1-2-4-22(21)26(17(14-29)15-30)24-11-20(9-10-23(24)25)35(32,33)34-19-7-5-18(31)6-8-19/h1-11,31H. The highest BCUT2D eigenvalue weighted by Crippen LogP contribution is 2.24. The highest BCUT2D eigenvalue weighted by atomic mass is 32.2. The van der Waals surface area contributed by atoms with Crippen LogP contribution in [0.15, 0.2) is 71.6 Å². The van der Waals surface area contributed by atoms with Gasteiger partial charge in [-0.25, -0.2) is 0 Å². The molecule has 0 aliphatic carbocycles. The van der Waals surface area contributed by atoms with Gasteiger partial charge in [0.1, 0.15) is 51.8 Å². The molecule has 35 heavy (non-hydrogen) atoms. The second-order valence-corrected chi connectivity index (χ2v) is 8.78. The average Bonchev–Trinajstić information content (AvgIpc) is 2.87. The fourth-order valence-electron chi connectivity index (χ4n) is 3.80. The minimum Gasteiger partial charge on any atom is -0.508 e. The molecule has 4 aromatic carbocycles. The smallest absolute Gasteiger partial charge is 0.339 e. The van der Waals surface area contributed by atoms with Crippen molar-refractivity contribution in [1.29, 1.82) is 21.0 Å². The molecule has 0 aliphatic rings. The van der Waals surface area contributed by atoms with Crippen LogP contribution in [0.5, 0.6) is 11.5 Å². The molecule has 0 bridgehead atoms. The van der Waals surface area contributed by atoms with Crippen molar-refractivity contribution in [2.75, 3.05) is 0 Å². The van der Waals surface area contributed by atoms with Gasteiger partial charge in [-0.3, -0.25) is 0 Å². The summed E-state index contributed by atoms with van der Waals surface area (Å²) in [5, 5.41) is 49.7. The molecule has 0 radical (unpaired) electrons. The molecule has 0 spiro atoms. The third kappa shape index (κ3) is 3.96. The number of aromatic hydroxyl groups is 1. The number of hydrogen-bond donors (Lipinski definition) is 1. The fourth-order valence-corrected chi connectivity index (χ4v) is 4.76. The van der Waals surface area contributed by atoms with Gasteiger partial charge in [0.05, 0.1) is 0 Å². The van der Waals surface area contributed by atoms with Crippen molar-refractivity contribution in [1.82, 2.24) is 0 Å². The highest BCUT2D eigenvalue weighted by Gasteiger charge is 2.20. The van der Waals surface area contributed by atoms with Gasteiger partial charge in [-0.2, -0.15) is 29.5 Å². The summed E-state index contributed by atoms with van der Waals surface area (Å²) >= 11 is 0. The van der Waals surface area contributed by atoms with Crippen molar-refractivity contribution in [3.8, 4) is 35.8 Å². The zero-order chi connectivity index (χ0) is 25.2. The SMILES string of the molecule is N#CC(C#N)=c1c2ccccc2c(=C(C#N)C#N)c2cc(S(=O)(=O)Oc3ccc(O)cc3)ccc12. The van der Waals surface area contributed by atoms with Crippen LogP contribution in [0.2, 0.25) is 0 Å². The van der Waals surface area contributed by atoms with Gasteiger partial charge in [-0.15, -0.1) is 0 Å². The van der Waals surface area contributed by atoms with Crippen LogP contribution in [-0.2, 0) is 10.1 Å². The maximum absolute atomic E-state index is 13.0. The lowest BCUT2D eigenvalue weighted by atomic mass is 9.94. The Morgan fingerprint density at radius 2 is 1.17 bits per heavy atom. The Kier molecular flexibility index (Phi) is 5.80. The summed E-state index contributed by atoms with van der Waals surface area (Å²) in [6.07, 6.45) is 0. The topological polar surface area (TPSA) is 159 Å². The minimum atomic E-state index is -4.36. The maximum atomic E-state index is 13.0. The van der Waals surface area contributed by atoms with E-state index >= 15 is 0 Å². The van der Waals surface area contributed by atoms with Crippen LogP contribution >= 0.6 is 0 Å². The van der Waals surface area contributed by atoms with E-state index < -0.39 is 10.1 Å². The lowest BCUT2D eigenvalue weighted by molar-refractivity contribution is 0.468. The van der Waals surface area contributed by atoms with Crippen molar-refractivity contribution in [2.45, 2.75) is 4.90 Å². The largest absolute Gasteiger partial charge is 0.508 e. The zero-order valence-corrected chi connectivity index (χ0v) is 18.5. The van der Waals surface area contributed by atoms with Crippen molar-refractivity contribution in [2.24, 2.45) is 0 Å². The summed E-state index contributed by atoms with van der Waals surface area (Å²) in [4.78, 5) is -0.272. The Hall–Kier alpha value is -5.35. The molecular formula is C26H12N4O4S. The fraction of sp³-hybridized carbons (Fsp3) is 0. The van der Waals surface area contributed by atoms with Crippen LogP contribution in [0.4, 0.5) is 0 Å². The Bertz CT molecular complexity index is 1900. The van der Waals surface area contributed by atoms with Crippen LogP contribution in [0.1, 0.15) is 0 Å². The molecular weight excluding hydrogens is 464 g/mol. The van der Waals surface area contributed by atoms with Crippen LogP contribution in [0.25, 0.3) is 32.7 Å². The van der Waals surface area contributed by atoms with E-state index in [1.807, 2.05) is 24.3 Å². The third-order valence-corrected chi connectivity index (χ3v) is 6.52. The summed E-state index contributed by atoms with van der Waals surface area (Å²) in [6.45, 7) is 0. The number of benzene rings is 4. The lowest BCUT2D eigenvalue weighted by Crippen LogP contribution is -2.19. The number of phenols is 1. The van der Waals surface area contributed by atoms with Gasteiger partial charge in [0.2, 0.25) is 0 Å². The van der Waals surface area contributed by atoms with Crippen LogP contribution < -0.4 is 14.6 Å². The van der Waals surface area contributed by atoms with E-state index in [1.54, 1.807) is 24.3 Å². The number of nitriles is 4. The minimum absolute atomic E-state index is 0.0341. The second kappa shape index (κ2) is 8.89. The Balaban J connectivity index is 2.19. The molecule has 0 atom stereocenters. The summed E-state index contributed by atoms with van der Waals surface area (Å²) in [5.74, 6) is -0.101. The molecule has 9 heteroatoms. The summed E-state index contributed by atoms with van der Waals surface area (Å²) < 4.78 is 31.2. The Labute approximate surface area is 199 Å². The third-order valence-electron chi connectivity index (χ3n) is 5.27. The first-order valence-electron chi connectivity index (χ1n) is 9.91. The first kappa shape index (κ1) is 22.8. The predicted molar refractivity (Wildman–Crippen MR) is 126 cm³/mol. The molecule has 0 aromatic heterocycles. The molecule has 1 N–H and O–H groups in total. The van der Waals surface area contributed by atoms with E-state index in [-0.39, 0.29) is 43.4 Å². The Morgan fingerprint density at radius 1 is 0.686 bits per heavy atom. The van der Waals surface area contributed by atoms with Crippen molar-refractivity contribution >= 4 is 42.8 Å². The van der Waals surface area contributed by atoms with E-state index in [1.165, 1.54) is 42.5 Å². The number of rotatable bonds is 3. The number of fused-ring (bicyclic) bond motifs is 2. The van der Waals surface area contributed by atoms with Crippen LogP contribution in [-0.4, -0.2) is 13.5 Å². The van der Waals surface area contributed by atoms with Crippen molar-refractivity contribution in [3.63, 3.8) is 0 Å². The molecule has 4 aromatic rings. The average molecular weight is 476 g/mol. The van der Waals surface area contributed by atoms with Crippen LogP contribution in [0, 0.1) is 45.3 Å². The Morgan fingerprint density at radius 3 is 1.69 bits per heavy atom. The van der Waals surface area contributed by atoms with Gasteiger partial charge in [-0.1, -0.05) is 30.3 Å². The predicted octanol–water partition coefficient (Wildman–Crippen LogP) is 2.86. The van der Waals surface area contributed by atoms with Crippen molar-refractivity contribution in [3.05, 3.63) is 77.2 Å². The van der Waals surface area contributed by atoms with Crippen LogP contribution in [0.3, 0.4) is 0 Å². The number of nitrogens with zero attached hydrogens (tertiary/aromatic N) is 4. The van der Waals surface area contributed by atoms with Gasteiger partial charge in [0, 0.05) is 10.4 Å². The second-order valence-electron chi connectivity index (χ2n) is 7.23. The molecule has 0 amide bonds. The zero-order valence-electron chi connectivity index (χ0n) is 17.7. The molecule has 0 saturated heterocycles. The van der Waals surface area contributed by atoms with Gasteiger partial charge < -0.3 is 9.29 Å². The van der Waals surface area contributed by atoms with Gasteiger partial charge in [0.25, 0.3) is 0 Å². The van der Waals surface area contributed by atoms with Crippen molar-refractivity contribution < 1.29 is 17.7 Å². The van der Waals surface area contributed by atoms with E-state index in [0.717, 1.165) is 0 Å². The number of phenolic OH excluding ortho intramolecular Hbond substituents is 1.